The molecule has 0 saturated heterocycles. The summed E-state index contributed by atoms with van der Waals surface area (Å²) in [5.74, 6) is 5.76. The van der Waals surface area contributed by atoms with Gasteiger partial charge in [0.1, 0.15) is 0 Å². The Morgan fingerprint density at radius 3 is 2.45 bits per heavy atom. The summed E-state index contributed by atoms with van der Waals surface area (Å²) >= 11 is 0. The monoisotopic (exact) mass is 263 g/mol. The van der Waals surface area contributed by atoms with Gasteiger partial charge in [-0.3, -0.25) is 10.8 Å². The summed E-state index contributed by atoms with van der Waals surface area (Å²) in [5, 5.41) is 2.45. The van der Waals surface area contributed by atoms with Gasteiger partial charge in [0.2, 0.25) is 0 Å². The molecule has 1 atom stereocenters. The molecule has 0 aliphatic heterocycles. The Morgan fingerprint density at radius 1 is 0.950 bits per heavy atom. The van der Waals surface area contributed by atoms with E-state index in [4.69, 9.17) is 5.84 Å². The van der Waals surface area contributed by atoms with Crippen molar-refractivity contribution in [1.29, 1.82) is 0 Å². The molecule has 0 radical (unpaired) electrons. The van der Waals surface area contributed by atoms with Gasteiger partial charge in [-0.25, -0.2) is 5.43 Å². The van der Waals surface area contributed by atoms with Crippen LogP contribution in [0.1, 0.15) is 22.9 Å². The normalized spacial score (nSPS) is 12.5. The largest absolute Gasteiger partial charge is 0.271 e. The molecule has 0 fully saturated rings. The molecular weight excluding hydrogens is 246 g/mol. The molecule has 3 N–H and O–H groups in total. The molecule has 0 saturated carbocycles. The minimum Gasteiger partial charge on any atom is -0.271 e. The van der Waals surface area contributed by atoms with E-state index in [-0.39, 0.29) is 6.04 Å². The van der Waals surface area contributed by atoms with Gasteiger partial charge >= 0.3 is 0 Å². The zero-order valence-electron chi connectivity index (χ0n) is 11.4. The standard InChI is InChI=1S/C17H17N3/c1-12-10-16(8-9-19-12)17(20-18)15-7-6-13-4-2-3-5-14(13)11-15/h2-11,17,20H,18H2,1H3. The number of nitrogens with zero attached hydrogens (tertiary/aromatic N) is 1. The van der Waals surface area contributed by atoms with Crippen LogP contribution >= 0.6 is 0 Å². The Hall–Kier alpha value is -2.23. The van der Waals surface area contributed by atoms with Crippen molar-refractivity contribution >= 4 is 10.8 Å². The number of aryl methyl sites for hydroxylation is 1. The van der Waals surface area contributed by atoms with E-state index < -0.39 is 0 Å². The average Bonchev–Trinajstić information content (AvgIpc) is 2.48. The van der Waals surface area contributed by atoms with Crippen LogP contribution in [0.5, 0.6) is 0 Å². The number of nitrogens with two attached hydrogens (primary N) is 1. The first-order valence-electron chi connectivity index (χ1n) is 6.65. The topological polar surface area (TPSA) is 50.9 Å². The first-order valence-corrected chi connectivity index (χ1v) is 6.65. The second-order valence-corrected chi connectivity index (χ2v) is 4.94. The number of rotatable bonds is 3. The van der Waals surface area contributed by atoms with Gasteiger partial charge in [0.05, 0.1) is 6.04 Å². The van der Waals surface area contributed by atoms with Crippen molar-refractivity contribution in [2.24, 2.45) is 5.84 Å². The third-order valence-corrected chi connectivity index (χ3v) is 3.53. The van der Waals surface area contributed by atoms with Crippen LogP contribution in [0.3, 0.4) is 0 Å². The maximum atomic E-state index is 5.76. The second kappa shape index (κ2) is 5.41. The lowest BCUT2D eigenvalue weighted by Gasteiger charge is -2.17. The number of nitrogens with one attached hydrogen (secondary N) is 1. The summed E-state index contributed by atoms with van der Waals surface area (Å²) in [6, 6.07) is 18.8. The molecule has 20 heavy (non-hydrogen) atoms. The summed E-state index contributed by atoms with van der Waals surface area (Å²) in [7, 11) is 0. The maximum absolute atomic E-state index is 5.76. The van der Waals surface area contributed by atoms with Crippen LogP contribution in [0.25, 0.3) is 10.8 Å². The van der Waals surface area contributed by atoms with Crippen LogP contribution in [-0.2, 0) is 0 Å². The Balaban J connectivity index is 2.07. The minimum absolute atomic E-state index is 0.0266. The van der Waals surface area contributed by atoms with E-state index >= 15 is 0 Å². The van der Waals surface area contributed by atoms with Gasteiger partial charge in [-0.1, -0.05) is 36.4 Å². The number of aromatic nitrogens is 1. The molecule has 1 heterocycles. The fraction of sp³-hybridized carbons (Fsp3) is 0.118. The van der Waals surface area contributed by atoms with Crippen LogP contribution < -0.4 is 11.3 Å². The maximum Gasteiger partial charge on any atom is 0.0711 e. The van der Waals surface area contributed by atoms with Gasteiger partial charge in [-0.2, -0.15) is 0 Å². The molecule has 0 aliphatic carbocycles. The van der Waals surface area contributed by atoms with Crippen molar-refractivity contribution in [2.75, 3.05) is 0 Å². The molecule has 3 aromatic rings. The molecule has 1 unspecified atom stereocenters. The van der Waals surface area contributed by atoms with Gasteiger partial charge < -0.3 is 0 Å². The summed E-state index contributed by atoms with van der Waals surface area (Å²) in [4.78, 5) is 4.23. The van der Waals surface area contributed by atoms with E-state index in [1.54, 1.807) is 0 Å². The Morgan fingerprint density at radius 2 is 1.70 bits per heavy atom. The third kappa shape index (κ3) is 2.41. The summed E-state index contributed by atoms with van der Waals surface area (Å²) in [6.45, 7) is 1.98. The second-order valence-electron chi connectivity index (χ2n) is 4.94. The van der Waals surface area contributed by atoms with Gasteiger partial charge in [0.25, 0.3) is 0 Å². The lowest BCUT2D eigenvalue weighted by atomic mass is 9.97. The highest BCUT2D eigenvalue weighted by Crippen LogP contribution is 2.25. The fourth-order valence-electron chi connectivity index (χ4n) is 2.52. The third-order valence-electron chi connectivity index (χ3n) is 3.53. The molecule has 2 aromatic carbocycles. The van der Waals surface area contributed by atoms with Crippen LogP contribution in [0.15, 0.2) is 60.8 Å². The van der Waals surface area contributed by atoms with E-state index in [1.165, 1.54) is 10.8 Å². The minimum atomic E-state index is -0.0266. The smallest absolute Gasteiger partial charge is 0.0711 e. The number of pyridine rings is 1. The van der Waals surface area contributed by atoms with Crippen molar-refractivity contribution in [3.63, 3.8) is 0 Å². The highest BCUT2D eigenvalue weighted by molar-refractivity contribution is 5.83. The average molecular weight is 263 g/mol. The molecule has 3 rings (SSSR count). The van der Waals surface area contributed by atoms with Crippen molar-refractivity contribution in [1.82, 2.24) is 10.4 Å². The Bertz CT molecular complexity index is 737. The van der Waals surface area contributed by atoms with E-state index in [2.05, 4.69) is 46.8 Å². The highest BCUT2D eigenvalue weighted by Gasteiger charge is 2.13. The van der Waals surface area contributed by atoms with Crippen molar-refractivity contribution in [3.8, 4) is 0 Å². The van der Waals surface area contributed by atoms with E-state index in [0.29, 0.717) is 0 Å². The van der Waals surface area contributed by atoms with Gasteiger partial charge in [-0.15, -0.1) is 0 Å². The lowest BCUT2D eigenvalue weighted by Crippen LogP contribution is -2.28. The van der Waals surface area contributed by atoms with Crippen LogP contribution in [-0.4, -0.2) is 4.98 Å². The van der Waals surface area contributed by atoms with Crippen LogP contribution in [0.2, 0.25) is 0 Å². The van der Waals surface area contributed by atoms with Crippen molar-refractivity contribution in [3.05, 3.63) is 77.6 Å². The molecule has 100 valence electrons. The zero-order chi connectivity index (χ0) is 13.9. The first-order chi connectivity index (χ1) is 9.78. The quantitative estimate of drug-likeness (QED) is 0.564. The molecule has 3 nitrogen and oxygen atoms in total. The first kappa shape index (κ1) is 12.8. The van der Waals surface area contributed by atoms with E-state index in [1.807, 2.05) is 31.3 Å². The SMILES string of the molecule is Cc1cc(C(NN)c2ccc3ccccc3c2)ccn1. The van der Waals surface area contributed by atoms with Crippen molar-refractivity contribution in [2.45, 2.75) is 13.0 Å². The summed E-state index contributed by atoms with van der Waals surface area (Å²) in [6.07, 6.45) is 1.82. The number of fused-ring (bicyclic) bond motifs is 1. The van der Waals surface area contributed by atoms with E-state index in [0.717, 1.165) is 16.8 Å². The van der Waals surface area contributed by atoms with Gasteiger partial charge in [-0.05, 0) is 47.0 Å². The number of hydrogen-bond donors (Lipinski definition) is 2. The number of hydrazine groups is 1. The molecule has 0 amide bonds. The summed E-state index contributed by atoms with van der Waals surface area (Å²) < 4.78 is 0. The van der Waals surface area contributed by atoms with Gasteiger partial charge in [0, 0.05) is 11.9 Å². The lowest BCUT2D eigenvalue weighted by molar-refractivity contribution is 0.636. The molecule has 0 spiro atoms. The zero-order valence-corrected chi connectivity index (χ0v) is 11.4. The molecule has 1 aromatic heterocycles. The molecule has 0 bridgehead atoms. The van der Waals surface area contributed by atoms with Crippen molar-refractivity contribution < 1.29 is 0 Å². The molecule has 3 heteroatoms. The highest BCUT2D eigenvalue weighted by atomic mass is 15.2. The van der Waals surface area contributed by atoms with E-state index in [9.17, 15) is 0 Å². The molecule has 0 aliphatic rings. The Kier molecular flexibility index (Phi) is 3.46. The fourth-order valence-corrected chi connectivity index (χ4v) is 2.52. The Labute approximate surface area is 118 Å². The number of hydrogen-bond acceptors (Lipinski definition) is 3. The van der Waals surface area contributed by atoms with Crippen LogP contribution in [0, 0.1) is 6.92 Å². The number of benzene rings is 2. The van der Waals surface area contributed by atoms with Gasteiger partial charge in [0.15, 0.2) is 0 Å². The molecular formula is C17H17N3. The van der Waals surface area contributed by atoms with Crippen LogP contribution in [0.4, 0.5) is 0 Å². The predicted molar refractivity (Wildman–Crippen MR) is 82.1 cm³/mol. The predicted octanol–water partition coefficient (Wildman–Crippen LogP) is 3.10. The summed E-state index contributed by atoms with van der Waals surface area (Å²) in [5.41, 5.74) is 6.16.